The number of aromatic nitrogens is 4. The van der Waals surface area contributed by atoms with Gasteiger partial charge in [0.15, 0.2) is 11.6 Å². The number of nitrogens with zero attached hydrogens (tertiary/aromatic N) is 9. The van der Waals surface area contributed by atoms with Crippen molar-refractivity contribution in [3.05, 3.63) is 100 Å². The topological polar surface area (TPSA) is 242 Å². The maximum absolute atomic E-state index is 15.2. The molecule has 1 aliphatic carbocycles. The Morgan fingerprint density at radius 1 is 0.914 bits per heavy atom. The summed E-state index contributed by atoms with van der Waals surface area (Å²) in [5.41, 5.74) is -0.183. The predicted octanol–water partition coefficient (Wildman–Crippen LogP) is 3.84. The highest BCUT2D eigenvalue weighted by Crippen LogP contribution is 2.37. The summed E-state index contributed by atoms with van der Waals surface area (Å²) in [4.78, 5) is 83.1. The first-order chi connectivity index (χ1) is 33.6. The van der Waals surface area contributed by atoms with Crippen molar-refractivity contribution in [1.29, 1.82) is 5.26 Å². The first-order valence-electron chi connectivity index (χ1n) is 22.8. The first-order valence-corrected chi connectivity index (χ1v) is 24.2. The average Bonchev–Trinajstić information content (AvgIpc) is 3.89. The molecule has 4 aliphatic heterocycles. The number of alkyl halides is 1. The largest absolute Gasteiger partial charge is 0.490 e. The summed E-state index contributed by atoms with van der Waals surface area (Å²) in [6.07, 6.45) is 6.59. The number of fused-ring (bicyclic) bond motifs is 2. The van der Waals surface area contributed by atoms with Crippen molar-refractivity contribution in [2.45, 2.75) is 69.3 Å². The molecule has 10 rings (SSSR count). The Labute approximate surface area is 399 Å². The third-order valence-corrected chi connectivity index (χ3v) is 15.1. The SMILES string of the molecule is CN(CC1CCN(c2ncc(-n3cnc4ccc(Oc5c(F)ccc(NS(=O)(=O)N6CC[C@@H](F)C6)c5C#N)cc4c3=O)cn2)CC1)C1CC(Oc2ccc3c(c2)C(=O)N(C2CCC(=O)NC2=O)C3=O)C1. The Bertz CT molecular complexity index is 3170. The van der Waals surface area contributed by atoms with Gasteiger partial charge in [-0.25, -0.2) is 23.7 Å². The summed E-state index contributed by atoms with van der Waals surface area (Å²) in [6, 6.07) is 12.1. The molecule has 5 aliphatic rings. The molecule has 362 valence electrons. The van der Waals surface area contributed by atoms with Crippen LogP contribution in [0.1, 0.15) is 71.2 Å². The highest BCUT2D eigenvalue weighted by atomic mass is 32.2. The second-order valence-electron chi connectivity index (χ2n) is 18.1. The third-order valence-electron chi connectivity index (χ3n) is 13.6. The van der Waals surface area contributed by atoms with Gasteiger partial charge in [-0.3, -0.25) is 43.5 Å². The number of nitriles is 1. The fourth-order valence-electron chi connectivity index (χ4n) is 9.61. The number of benzene rings is 3. The molecule has 0 bridgehead atoms. The first kappa shape index (κ1) is 46.3. The van der Waals surface area contributed by atoms with Crippen LogP contribution in [0.5, 0.6) is 17.2 Å². The van der Waals surface area contributed by atoms with E-state index >= 15 is 4.39 Å². The number of carbonyl (C=O) groups excluding carboxylic acids is 4. The van der Waals surface area contributed by atoms with Crippen LogP contribution in [0.4, 0.5) is 20.4 Å². The van der Waals surface area contributed by atoms with Crippen LogP contribution in [0.2, 0.25) is 0 Å². The van der Waals surface area contributed by atoms with E-state index in [1.807, 2.05) is 0 Å². The molecule has 2 aromatic heterocycles. The van der Waals surface area contributed by atoms with Gasteiger partial charge in [0.25, 0.3) is 17.4 Å². The number of amides is 4. The third kappa shape index (κ3) is 8.88. The van der Waals surface area contributed by atoms with E-state index in [2.05, 4.69) is 41.8 Å². The van der Waals surface area contributed by atoms with Gasteiger partial charge in [0.1, 0.15) is 47.8 Å². The molecule has 5 aromatic rings. The zero-order chi connectivity index (χ0) is 49.0. The molecule has 23 heteroatoms. The van der Waals surface area contributed by atoms with Crippen molar-refractivity contribution in [2.24, 2.45) is 5.92 Å². The van der Waals surface area contributed by atoms with E-state index in [0.717, 1.165) is 66.7 Å². The highest BCUT2D eigenvalue weighted by molar-refractivity contribution is 7.90. The van der Waals surface area contributed by atoms with E-state index in [1.54, 1.807) is 24.3 Å². The van der Waals surface area contributed by atoms with E-state index in [4.69, 9.17) is 9.47 Å². The van der Waals surface area contributed by atoms with Crippen LogP contribution >= 0.6 is 0 Å². The molecule has 2 atom stereocenters. The number of rotatable bonds is 13. The van der Waals surface area contributed by atoms with Gasteiger partial charge in [-0.15, -0.1) is 0 Å². The predicted molar refractivity (Wildman–Crippen MR) is 246 cm³/mol. The summed E-state index contributed by atoms with van der Waals surface area (Å²) in [7, 11) is -2.15. The molecular weight excluding hydrogens is 933 g/mol. The minimum absolute atomic E-state index is 0.0267. The van der Waals surface area contributed by atoms with Gasteiger partial charge >= 0.3 is 10.2 Å². The van der Waals surface area contributed by atoms with E-state index in [-0.39, 0.29) is 66.4 Å². The van der Waals surface area contributed by atoms with Crippen LogP contribution < -0.4 is 30.0 Å². The second-order valence-corrected chi connectivity index (χ2v) is 19.8. The molecule has 6 heterocycles. The highest BCUT2D eigenvalue weighted by Gasteiger charge is 2.45. The van der Waals surface area contributed by atoms with Gasteiger partial charge in [-0.1, -0.05) is 0 Å². The number of halogens is 2. The standard InChI is InChI=1S/C47H45F2N11O9S/c1-56(28-16-32(17-28)68-30-2-4-33-34(18-30)46(65)60(45(33)64)40-8-9-41(61)54-43(40)62)23-26-10-13-57(14-11-26)47-51-21-29(22-52-47)59-25-53-38-6-3-31(19-35(38)44(59)63)69-42-36(20-50)39(7-5-37(42)49)55-70(66,67)58-15-12-27(48)24-58/h2-7,18-19,21-22,25-28,32,40,55H,8-17,23-24H2,1H3,(H,54,61,62)/t27-,28?,32?,40?/m1/s1. The summed E-state index contributed by atoms with van der Waals surface area (Å²) in [6.45, 7) is 1.96. The van der Waals surface area contributed by atoms with Crippen LogP contribution in [-0.4, -0.2) is 130 Å². The number of hydrogen-bond donors (Lipinski definition) is 2. The second kappa shape index (κ2) is 18.5. The lowest BCUT2D eigenvalue weighted by Crippen LogP contribution is -2.54. The minimum Gasteiger partial charge on any atom is -0.490 e. The molecule has 1 unspecified atom stereocenters. The monoisotopic (exact) mass is 977 g/mol. The van der Waals surface area contributed by atoms with Crippen LogP contribution in [0.15, 0.2) is 72.0 Å². The molecule has 0 radical (unpaired) electrons. The molecule has 3 saturated heterocycles. The van der Waals surface area contributed by atoms with Crippen molar-refractivity contribution >= 4 is 56.4 Å². The van der Waals surface area contributed by atoms with Crippen LogP contribution in [0.25, 0.3) is 16.6 Å². The Morgan fingerprint density at radius 2 is 1.66 bits per heavy atom. The van der Waals surface area contributed by atoms with E-state index in [1.165, 1.54) is 41.5 Å². The summed E-state index contributed by atoms with van der Waals surface area (Å²) in [5, 5.41) is 12.3. The van der Waals surface area contributed by atoms with Gasteiger partial charge in [0.2, 0.25) is 17.8 Å². The van der Waals surface area contributed by atoms with Crippen LogP contribution in [-0.2, 0) is 19.8 Å². The lowest BCUT2D eigenvalue weighted by molar-refractivity contribution is -0.136. The lowest BCUT2D eigenvalue weighted by Gasteiger charge is -2.43. The number of carbonyl (C=O) groups is 4. The number of piperidine rings is 2. The smallest absolute Gasteiger partial charge is 0.301 e. The molecule has 4 amide bonds. The quantitative estimate of drug-likeness (QED) is 0.159. The Kier molecular flexibility index (Phi) is 12.2. The molecule has 4 fully saturated rings. The van der Waals surface area contributed by atoms with E-state index in [0.29, 0.717) is 34.9 Å². The zero-order valence-corrected chi connectivity index (χ0v) is 38.4. The number of nitrogens with one attached hydrogen (secondary N) is 2. The summed E-state index contributed by atoms with van der Waals surface area (Å²) < 4.78 is 71.1. The van der Waals surface area contributed by atoms with Crippen molar-refractivity contribution in [1.82, 2.24) is 38.9 Å². The molecule has 0 spiro atoms. The normalized spacial score (nSPS) is 22.0. The average molecular weight is 978 g/mol. The fourth-order valence-corrected chi connectivity index (χ4v) is 10.9. The zero-order valence-electron chi connectivity index (χ0n) is 37.6. The van der Waals surface area contributed by atoms with Gasteiger partial charge in [0, 0.05) is 58.0 Å². The summed E-state index contributed by atoms with van der Waals surface area (Å²) >= 11 is 0. The number of hydrogen-bond acceptors (Lipinski definition) is 15. The van der Waals surface area contributed by atoms with Gasteiger partial charge < -0.3 is 19.3 Å². The molecule has 70 heavy (non-hydrogen) atoms. The van der Waals surface area contributed by atoms with Crippen molar-refractivity contribution in [2.75, 3.05) is 49.4 Å². The number of anilines is 2. The Morgan fingerprint density at radius 3 is 2.37 bits per heavy atom. The molecule has 1 saturated carbocycles. The summed E-state index contributed by atoms with van der Waals surface area (Å²) in [5.74, 6) is -2.36. The molecule has 20 nitrogen and oxygen atoms in total. The van der Waals surface area contributed by atoms with E-state index in [9.17, 15) is 42.0 Å². The van der Waals surface area contributed by atoms with Crippen LogP contribution in [0, 0.1) is 23.1 Å². The van der Waals surface area contributed by atoms with Gasteiger partial charge in [-0.2, -0.15) is 18.0 Å². The van der Waals surface area contributed by atoms with Crippen molar-refractivity contribution in [3.63, 3.8) is 0 Å². The van der Waals surface area contributed by atoms with E-state index < -0.39 is 68.7 Å². The number of imide groups is 2. The van der Waals surface area contributed by atoms with Gasteiger partial charge in [-0.05, 0) is 87.2 Å². The molecular formula is C47H45F2N11O9S. The van der Waals surface area contributed by atoms with Crippen molar-refractivity contribution in [3.8, 4) is 29.0 Å². The molecule has 3 aromatic carbocycles. The van der Waals surface area contributed by atoms with Gasteiger partial charge in [0.05, 0.1) is 45.8 Å². The Hall–Kier alpha value is -7.42. The van der Waals surface area contributed by atoms with Crippen LogP contribution in [0.3, 0.4) is 0 Å². The molecule has 2 N–H and O–H groups in total. The lowest BCUT2D eigenvalue weighted by atomic mass is 9.86. The number of ether oxygens (including phenoxy) is 2. The fraction of sp³-hybridized carbons (Fsp3) is 0.383. The Balaban J connectivity index is 0.720. The maximum Gasteiger partial charge on any atom is 0.301 e. The maximum atomic E-state index is 15.2. The minimum atomic E-state index is -4.26. The van der Waals surface area contributed by atoms with Crippen molar-refractivity contribution < 1.29 is 45.9 Å².